The third-order valence-corrected chi connectivity index (χ3v) is 9.53. The Morgan fingerprint density at radius 1 is 1.00 bits per heavy atom. The molecule has 5 amide bonds. The number of likely N-dealkylation sites (tertiary alicyclic amines) is 1. The molecule has 1 atom stereocenters. The Hall–Kier alpha value is -5.60. The molecule has 0 bridgehead atoms. The van der Waals surface area contributed by atoms with Crippen molar-refractivity contribution in [2.75, 3.05) is 13.1 Å². The van der Waals surface area contributed by atoms with E-state index in [1.165, 1.54) is 4.90 Å². The van der Waals surface area contributed by atoms with Gasteiger partial charge in [-0.1, -0.05) is 24.3 Å². The van der Waals surface area contributed by atoms with Gasteiger partial charge in [0.25, 0.3) is 11.8 Å². The number of halogens is 2. The van der Waals surface area contributed by atoms with Crippen LogP contribution in [-0.2, 0) is 32.3 Å². The lowest BCUT2D eigenvalue weighted by molar-refractivity contribution is -0.160. The molecule has 258 valence electrons. The van der Waals surface area contributed by atoms with Crippen molar-refractivity contribution in [3.63, 3.8) is 0 Å². The van der Waals surface area contributed by atoms with E-state index in [1.807, 2.05) is 30.5 Å². The minimum Gasteiger partial charge on any atom is -0.352 e. The summed E-state index contributed by atoms with van der Waals surface area (Å²) in [4.78, 5) is 73.6. The highest BCUT2D eigenvalue weighted by molar-refractivity contribution is 6.05. The van der Waals surface area contributed by atoms with Gasteiger partial charge in [-0.2, -0.15) is 13.9 Å². The molecule has 2 saturated heterocycles. The van der Waals surface area contributed by atoms with Crippen molar-refractivity contribution < 1.29 is 32.8 Å². The van der Waals surface area contributed by atoms with E-state index in [0.717, 1.165) is 21.5 Å². The van der Waals surface area contributed by atoms with Gasteiger partial charge in [0, 0.05) is 62.8 Å². The number of para-hydroxylation sites is 2. The van der Waals surface area contributed by atoms with E-state index in [2.05, 4.69) is 25.7 Å². The van der Waals surface area contributed by atoms with E-state index in [0.29, 0.717) is 35.2 Å². The molecule has 3 aliphatic rings. The average molecular weight is 685 g/mol. The Morgan fingerprint density at radius 3 is 2.56 bits per heavy atom. The van der Waals surface area contributed by atoms with Gasteiger partial charge in [0.05, 0.1) is 35.2 Å². The third-order valence-electron chi connectivity index (χ3n) is 9.53. The number of piperidine rings is 2. The molecule has 0 saturated carbocycles. The van der Waals surface area contributed by atoms with Crippen molar-refractivity contribution >= 4 is 40.6 Å². The largest absolute Gasteiger partial charge is 0.352 e. The second kappa shape index (κ2) is 13.4. The maximum absolute atomic E-state index is 15.0. The first-order valence-corrected chi connectivity index (χ1v) is 16.5. The number of aromatic nitrogens is 4. The zero-order valence-electron chi connectivity index (χ0n) is 27.0. The highest BCUT2D eigenvalue weighted by Crippen LogP contribution is 2.31. The smallest absolute Gasteiger partial charge is 0.325 e. The minimum atomic E-state index is -3.70. The quantitative estimate of drug-likeness (QED) is 0.255. The molecule has 0 aliphatic carbocycles. The number of benzene rings is 2. The number of nitrogens with one attached hydrogen (secondary N) is 2. The molecule has 3 aliphatic heterocycles. The fourth-order valence-electron chi connectivity index (χ4n) is 6.74. The summed E-state index contributed by atoms with van der Waals surface area (Å²) < 4.78 is 31.8. The minimum absolute atomic E-state index is 0.0360. The SMILES string of the molecule is O=C(CCC(F)(F)C(=O)N1CCC(n2cc(-c3cnc4ccccc4n3)cn2)CC1)NCc1ccc2c(c1)CN(C1CCC(=O)NC1=O)C2=O. The summed E-state index contributed by atoms with van der Waals surface area (Å²) in [7, 11) is 0. The highest BCUT2D eigenvalue weighted by atomic mass is 19.3. The fourth-order valence-corrected chi connectivity index (χ4v) is 6.74. The second-order valence-electron chi connectivity index (χ2n) is 12.8. The van der Waals surface area contributed by atoms with Crippen LogP contribution in [0.2, 0.25) is 0 Å². The molecule has 0 spiro atoms. The van der Waals surface area contributed by atoms with Crippen LogP contribution in [0.15, 0.2) is 61.1 Å². The van der Waals surface area contributed by atoms with Gasteiger partial charge in [-0.15, -0.1) is 0 Å². The van der Waals surface area contributed by atoms with Gasteiger partial charge in [0.15, 0.2) is 0 Å². The van der Waals surface area contributed by atoms with Crippen LogP contribution in [0.5, 0.6) is 0 Å². The number of carbonyl (C=O) groups is 5. The van der Waals surface area contributed by atoms with Gasteiger partial charge in [-0.3, -0.25) is 39.0 Å². The summed E-state index contributed by atoms with van der Waals surface area (Å²) in [5.74, 6) is -6.82. The summed E-state index contributed by atoms with van der Waals surface area (Å²) in [5.41, 5.74) is 4.76. The van der Waals surface area contributed by atoms with E-state index >= 15 is 0 Å². The maximum atomic E-state index is 15.0. The normalized spacial score (nSPS) is 18.4. The van der Waals surface area contributed by atoms with E-state index in [1.54, 1.807) is 35.3 Å². The number of hydrogen-bond acceptors (Lipinski definition) is 8. The maximum Gasteiger partial charge on any atom is 0.325 e. The zero-order chi connectivity index (χ0) is 35.0. The summed E-state index contributed by atoms with van der Waals surface area (Å²) in [6.45, 7) is 0.488. The molecule has 2 fully saturated rings. The Labute approximate surface area is 285 Å². The first-order chi connectivity index (χ1) is 24.1. The number of amides is 5. The molecular formula is C35H34F2N8O5. The number of nitrogens with zero attached hydrogens (tertiary/aromatic N) is 6. The van der Waals surface area contributed by atoms with E-state index < -0.39 is 42.5 Å². The van der Waals surface area contributed by atoms with E-state index in [9.17, 15) is 32.8 Å². The van der Waals surface area contributed by atoms with Crippen molar-refractivity contribution in [3.8, 4) is 11.3 Å². The number of fused-ring (bicyclic) bond motifs is 2. The Kier molecular flexibility index (Phi) is 8.80. The van der Waals surface area contributed by atoms with Crippen LogP contribution >= 0.6 is 0 Å². The number of carbonyl (C=O) groups excluding carboxylic acids is 5. The van der Waals surface area contributed by atoms with Crippen molar-refractivity contribution in [2.45, 2.75) is 69.6 Å². The van der Waals surface area contributed by atoms with Crippen LogP contribution < -0.4 is 10.6 Å². The molecule has 13 nitrogen and oxygen atoms in total. The molecule has 4 aromatic rings. The summed E-state index contributed by atoms with van der Waals surface area (Å²) in [5, 5.41) is 9.33. The van der Waals surface area contributed by atoms with Crippen LogP contribution in [0.4, 0.5) is 8.78 Å². The monoisotopic (exact) mass is 684 g/mol. The molecule has 2 N–H and O–H groups in total. The van der Waals surface area contributed by atoms with Gasteiger partial charge < -0.3 is 15.1 Å². The molecule has 0 radical (unpaired) electrons. The van der Waals surface area contributed by atoms with E-state index in [-0.39, 0.29) is 56.9 Å². The predicted molar refractivity (Wildman–Crippen MR) is 174 cm³/mol. The number of rotatable bonds is 9. The highest BCUT2D eigenvalue weighted by Gasteiger charge is 2.43. The molecule has 1 unspecified atom stereocenters. The van der Waals surface area contributed by atoms with Gasteiger partial charge >= 0.3 is 5.92 Å². The lowest BCUT2D eigenvalue weighted by Gasteiger charge is -2.34. The first kappa shape index (κ1) is 32.9. The number of imide groups is 1. The summed E-state index contributed by atoms with van der Waals surface area (Å²) in [6, 6.07) is 11.7. The average Bonchev–Trinajstić information content (AvgIpc) is 3.74. The van der Waals surface area contributed by atoms with Crippen LogP contribution in [0.3, 0.4) is 0 Å². The van der Waals surface area contributed by atoms with Gasteiger partial charge in [-0.05, 0) is 48.6 Å². The van der Waals surface area contributed by atoms with Crippen LogP contribution in [0, 0.1) is 0 Å². The second-order valence-corrected chi connectivity index (χ2v) is 12.8. The fraction of sp³-hybridized carbons (Fsp3) is 0.371. The van der Waals surface area contributed by atoms with Gasteiger partial charge in [-0.25, -0.2) is 4.98 Å². The lowest BCUT2D eigenvalue weighted by Crippen LogP contribution is -2.52. The number of hydrogen-bond donors (Lipinski definition) is 2. The van der Waals surface area contributed by atoms with Crippen molar-refractivity contribution in [1.82, 2.24) is 40.2 Å². The predicted octanol–water partition coefficient (Wildman–Crippen LogP) is 3.15. The summed E-state index contributed by atoms with van der Waals surface area (Å²) >= 11 is 0. The Bertz CT molecular complexity index is 2010. The molecular weight excluding hydrogens is 650 g/mol. The molecule has 2 aromatic carbocycles. The van der Waals surface area contributed by atoms with Crippen LogP contribution in [0.1, 0.15) is 66.1 Å². The van der Waals surface area contributed by atoms with Crippen LogP contribution in [-0.4, -0.2) is 84.1 Å². The van der Waals surface area contributed by atoms with Crippen molar-refractivity contribution in [2.24, 2.45) is 0 Å². The standard InChI is InChI=1S/C35H34F2N8O5/c36-35(37,12-9-30(46)39-16-21-5-6-25-22(15-21)19-44(33(25)49)29-7-8-31(47)42-32(29)48)34(50)43-13-10-24(11-14-43)45-20-23(17-40-45)28-18-38-26-3-1-2-4-27(26)41-28/h1-6,15,17-18,20,24,29H,7-14,16,19H2,(H,39,46)(H,42,47,48). The van der Waals surface area contributed by atoms with Crippen LogP contribution in [0.25, 0.3) is 22.3 Å². The first-order valence-electron chi connectivity index (χ1n) is 16.5. The van der Waals surface area contributed by atoms with Gasteiger partial charge in [0.1, 0.15) is 6.04 Å². The molecule has 50 heavy (non-hydrogen) atoms. The Balaban J connectivity index is 0.870. The molecule has 5 heterocycles. The lowest BCUT2D eigenvalue weighted by atomic mass is 10.0. The Morgan fingerprint density at radius 2 is 1.78 bits per heavy atom. The topological polar surface area (TPSA) is 159 Å². The van der Waals surface area contributed by atoms with E-state index in [4.69, 9.17) is 0 Å². The zero-order valence-corrected chi connectivity index (χ0v) is 27.0. The molecule has 2 aromatic heterocycles. The third kappa shape index (κ3) is 6.67. The summed E-state index contributed by atoms with van der Waals surface area (Å²) in [6.07, 6.45) is 5.05. The molecule has 7 rings (SSSR count). The van der Waals surface area contributed by atoms with Gasteiger partial charge in [0.2, 0.25) is 17.7 Å². The van der Waals surface area contributed by atoms with Crippen molar-refractivity contribution in [1.29, 1.82) is 0 Å². The molecule has 15 heteroatoms. The van der Waals surface area contributed by atoms with Crippen molar-refractivity contribution in [3.05, 3.63) is 77.7 Å². The number of alkyl halides is 2.